The van der Waals surface area contributed by atoms with Crippen LogP contribution in [0.5, 0.6) is 5.75 Å². The minimum atomic E-state index is -0.0786. The average Bonchev–Trinajstić information content (AvgIpc) is 3.51. The number of aliphatic imine (C=N–C) groups is 1. The Kier molecular flexibility index (Phi) is 6.89. The maximum atomic E-state index is 11.2. The van der Waals surface area contributed by atoms with Gasteiger partial charge in [0.1, 0.15) is 5.75 Å². The van der Waals surface area contributed by atoms with Crippen LogP contribution in [0.2, 0.25) is 0 Å². The first kappa shape index (κ1) is 19.7. The van der Waals surface area contributed by atoms with Gasteiger partial charge in [0.05, 0.1) is 6.61 Å². The van der Waals surface area contributed by atoms with E-state index in [0.717, 1.165) is 35.1 Å². The predicted octanol–water partition coefficient (Wildman–Crippen LogP) is 3.30. The third-order valence-corrected chi connectivity index (χ3v) is 4.52. The molecule has 1 fully saturated rings. The minimum absolute atomic E-state index is 0.0786. The number of hydrogen-bond acceptors (Lipinski definition) is 3. The SMILES string of the molecule is CN=C(NCc1cccc(NC(C)=O)c1)NCc1ccccc1OCC1CC1. The zero-order chi connectivity index (χ0) is 19.8. The fourth-order valence-corrected chi connectivity index (χ4v) is 2.83. The van der Waals surface area contributed by atoms with Crippen molar-refractivity contribution in [1.29, 1.82) is 0 Å². The highest BCUT2D eigenvalue weighted by atomic mass is 16.5. The van der Waals surface area contributed by atoms with Crippen molar-refractivity contribution in [2.24, 2.45) is 10.9 Å². The molecule has 0 radical (unpaired) electrons. The zero-order valence-electron chi connectivity index (χ0n) is 16.5. The molecule has 0 spiro atoms. The number of carbonyl (C=O) groups is 1. The Morgan fingerprint density at radius 2 is 1.89 bits per heavy atom. The summed E-state index contributed by atoms with van der Waals surface area (Å²) in [5, 5.41) is 9.43. The first-order valence-corrected chi connectivity index (χ1v) is 9.66. The molecule has 6 heteroatoms. The number of nitrogens with zero attached hydrogens (tertiary/aromatic N) is 1. The van der Waals surface area contributed by atoms with Gasteiger partial charge in [-0.1, -0.05) is 30.3 Å². The molecule has 0 aromatic heterocycles. The van der Waals surface area contributed by atoms with Gasteiger partial charge in [0.25, 0.3) is 0 Å². The van der Waals surface area contributed by atoms with Crippen LogP contribution in [0.1, 0.15) is 30.9 Å². The van der Waals surface area contributed by atoms with Crippen LogP contribution in [0.15, 0.2) is 53.5 Å². The van der Waals surface area contributed by atoms with E-state index in [4.69, 9.17) is 4.74 Å². The molecule has 0 unspecified atom stereocenters. The lowest BCUT2D eigenvalue weighted by Crippen LogP contribution is -2.36. The number of carbonyl (C=O) groups excluding carboxylic acids is 1. The van der Waals surface area contributed by atoms with Crippen molar-refractivity contribution >= 4 is 17.6 Å². The molecule has 28 heavy (non-hydrogen) atoms. The van der Waals surface area contributed by atoms with Gasteiger partial charge in [-0.2, -0.15) is 0 Å². The highest BCUT2D eigenvalue weighted by Gasteiger charge is 2.22. The van der Waals surface area contributed by atoms with Gasteiger partial charge in [0.2, 0.25) is 5.91 Å². The Morgan fingerprint density at radius 3 is 2.64 bits per heavy atom. The number of hydrogen-bond donors (Lipinski definition) is 3. The second-order valence-corrected chi connectivity index (χ2v) is 7.02. The summed E-state index contributed by atoms with van der Waals surface area (Å²) in [6.07, 6.45) is 2.56. The predicted molar refractivity (Wildman–Crippen MR) is 112 cm³/mol. The van der Waals surface area contributed by atoms with Crippen molar-refractivity contribution in [2.75, 3.05) is 19.0 Å². The molecule has 2 aromatic rings. The van der Waals surface area contributed by atoms with Crippen molar-refractivity contribution in [1.82, 2.24) is 10.6 Å². The van der Waals surface area contributed by atoms with E-state index in [-0.39, 0.29) is 5.91 Å². The van der Waals surface area contributed by atoms with Crippen molar-refractivity contribution in [2.45, 2.75) is 32.9 Å². The number of rotatable bonds is 8. The average molecular weight is 380 g/mol. The molecular formula is C22H28N4O2. The largest absolute Gasteiger partial charge is 0.493 e. The number of anilines is 1. The molecule has 1 amide bonds. The van der Waals surface area contributed by atoms with Crippen LogP contribution < -0.4 is 20.7 Å². The lowest BCUT2D eigenvalue weighted by Gasteiger charge is -2.15. The summed E-state index contributed by atoms with van der Waals surface area (Å²) in [4.78, 5) is 15.5. The summed E-state index contributed by atoms with van der Waals surface area (Å²) in [6.45, 7) is 3.54. The van der Waals surface area contributed by atoms with Gasteiger partial charge in [-0.15, -0.1) is 0 Å². The number of guanidine groups is 1. The van der Waals surface area contributed by atoms with E-state index in [2.05, 4.69) is 27.0 Å². The normalized spacial score (nSPS) is 13.7. The summed E-state index contributed by atoms with van der Waals surface area (Å²) in [6, 6.07) is 15.9. The van der Waals surface area contributed by atoms with Crippen LogP contribution >= 0.6 is 0 Å². The molecule has 0 atom stereocenters. The molecule has 0 aliphatic heterocycles. The van der Waals surface area contributed by atoms with Gasteiger partial charge < -0.3 is 20.7 Å². The first-order chi connectivity index (χ1) is 13.6. The standard InChI is InChI=1S/C22H28N4O2/c1-16(27)26-20-8-5-6-18(12-20)13-24-22(23-2)25-14-19-7-3-4-9-21(19)28-15-17-10-11-17/h3-9,12,17H,10-11,13-15H2,1-2H3,(H,26,27)(H2,23,24,25). The Morgan fingerprint density at radius 1 is 1.11 bits per heavy atom. The van der Waals surface area contributed by atoms with Gasteiger partial charge in [-0.3, -0.25) is 9.79 Å². The van der Waals surface area contributed by atoms with Crippen LogP contribution in [0.4, 0.5) is 5.69 Å². The van der Waals surface area contributed by atoms with Crippen LogP contribution in [0, 0.1) is 5.92 Å². The highest BCUT2D eigenvalue weighted by Crippen LogP contribution is 2.30. The summed E-state index contributed by atoms with van der Waals surface area (Å²) in [5.41, 5.74) is 2.96. The molecule has 1 aliphatic carbocycles. The summed E-state index contributed by atoms with van der Waals surface area (Å²) in [5.74, 6) is 2.29. The van der Waals surface area contributed by atoms with Gasteiger partial charge in [0, 0.05) is 38.3 Å². The molecule has 3 N–H and O–H groups in total. The third-order valence-electron chi connectivity index (χ3n) is 4.52. The van der Waals surface area contributed by atoms with Crippen molar-refractivity contribution < 1.29 is 9.53 Å². The first-order valence-electron chi connectivity index (χ1n) is 9.66. The Bertz CT molecular complexity index is 831. The molecule has 0 saturated heterocycles. The second kappa shape index (κ2) is 9.78. The van der Waals surface area contributed by atoms with Gasteiger partial charge in [0.15, 0.2) is 5.96 Å². The number of ether oxygens (including phenoxy) is 1. The van der Waals surface area contributed by atoms with Gasteiger partial charge in [-0.05, 0) is 42.5 Å². The number of benzene rings is 2. The van der Waals surface area contributed by atoms with Crippen LogP contribution in [0.3, 0.4) is 0 Å². The van der Waals surface area contributed by atoms with E-state index in [1.54, 1.807) is 7.05 Å². The molecule has 0 bridgehead atoms. The van der Waals surface area contributed by atoms with E-state index >= 15 is 0 Å². The van der Waals surface area contributed by atoms with E-state index in [0.29, 0.717) is 19.0 Å². The quantitative estimate of drug-likeness (QED) is 0.485. The third kappa shape index (κ3) is 6.30. The molecule has 6 nitrogen and oxygen atoms in total. The lowest BCUT2D eigenvalue weighted by molar-refractivity contribution is -0.114. The van der Waals surface area contributed by atoms with E-state index in [1.807, 2.05) is 42.5 Å². The Hall–Kier alpha value is -3.02. The fourth-order valence-electron chi connectivity index (χ4n) is 2.83. The Balaban J connectivity index is 1.52. The van der Waals surface area contributed by atoms with Gasteiger partial charge >= 0.3 is 0 Å². The minimum Gasteiger partial charge on any atom is -0.493 e. The van der Waals surface area contributed by atoms with Crippen molar-refractivity contribution in [3.8, 4) is 5.75 Å². The van der Waals surface area contributed by atoms with E-state index in [1.165, 1.54) is 19.8 Å². The van der Waals surface area contributed by atoms with Crippen LogP contribution in [-0.4, -0.2) is 25.5 Å². The summed E-state index contributed by atoms with van der Waals surface area (Å²) >= 11 is 0. The van der Waals surface area contributed by atoms with Crippen LogP contribution in [0.25, 0.3) is 0 Å². The summed E-state index contributed by atoms with van der Waals surface area (Å²) < 4.78 is 5.97. The van der Waals surface area contributed by atoms with Crippen molar-refractivity contribution in [3.05, 3.63) is 59.7 Å². The second-order valence-electron chi connectivity index (χ2n) is 7.02. The van der Waals surface area contributed by atoms with Crippen molar-refractivity contribution in [3.63, 3.8) is 0 Å². The molecule has 3 rings (SSSR count). The fraction of sp³-hybridized carbons (Fsp3) is 0.364. The molecule has 1 saturated carbocycles. The maximum absolute atomic E-state index is 11.2. The van der Waals surface area contributed by atoms with E-state index < -0.39 is 0 Å². The van der Waals surface area contributed by atoms with E-state index in [9.17, 15) is 4.79 Å². The topological polar surface area (TPSA) is 74.8 Å². The number of nitrogens with one attached hydrogen (secondary N) is 3. The maximum Gasteiger partial charge on any atom is 0.221 e. The van der Waals surface area contributed by atoms with Crippen LogP contribution in [-0.2, 0) is 17.9 Å². The molecule has 2 aromatic carbocycles. The molecule has 0 heterocycles. The molecule has 1 aliphatic rings. The smallest absolute Gasteiger partial charge is 0.221 e. The summed E-state index contributed by atoms with van der Waals surface area (Å²) in [7, 11) is 1.75. The number of amides is 1. The number of para-hydroxylation sites is 1. The van der Waals surface area contributed by atoms with Gasteiger partial charge in [-0.25, -0.2) is 0 Å². The zero-order valence-corrected chi connectivity index (χ0v) is 16.5. The molecule has 148 valence electrons. The lowest BCUT2D eigenvalue weighted by atomic mass is 10.2. The Labute approximate surface area is 166 Å². The molecular weight excluding hydrogens is 352 g/mol. The highest BCUT2D eigenvalue weighted by molar-refractivity contribution is 5.88. The monoisotopic (exact) mass is 380 g/mol.